The lowest BCUT2D eigenvalue weighted by Gasteiger charge is -1.92. The lowest BCUT2D eigenvalue weighted by Crippen LogP contribution is -1.81. The minimum atomic E-state index is -0.530. The number of aryl methyl sites for hydroxylation is 2. The van der Waals surface area contributed by atoms with Gasteiger partial charge < -0.3 is 0 Å². The second-order valence-corrected chi connectivity index (χ2v) is 3.69. The Morgan fingerprint density at radius 2 is 1.24 bits per heavy atom. The van der Waals surface area contributed by atoms with E-state index in [4.69, 9.17) is 0 Å². The minimum absolute atomic E-state index is 0.171. The second kappa shape index (κ2) is 6.09. The van der Waals surface area contributed by atoms with E-state index < -0.39 is 11.6 Å². The van der Waals surface area contributed by atoms with Crippen LogP contribution in [0.1, 0.15) is 11.1 Å². The van der Waals surface area contributed by atoms with Crippen LogP contribution in [0.2, 0.25) is 0 Å². The molecule has 0 aromatic heterocycles. The van der Waals surface area contributed by atoms with E-state index in [-0.39, 0.29) is 5.82 Å². The van der Waals surface area contributed by atoms with Crippen molar-refractivity contribution < 1.29 is 13.2 Å². The smallest absolute Gasteiger partial charge is 0.129 e. The summed E-state index contributed by atoms with van der Waals surface area (Å²) in [6, 6.07) is 9.91. The predicted octanol–water partition coefficient (Wildman–Crippen LogP) is 4.41. The van der Waals surface area contributed by atoms with Crippen molar-refractivity contribution in [2.45, 2.75) is 13.8 Å². The average molecular weight is 238 g/mol. The molecule has 0 heterocycles. The molecule has 2 aromatic rings. The summed E-state index contributed by atoms with van der Waals surface area (Å²) in [5, 5.41) is 0. The largest absolute Gasteiger partial charge is 0.207 e. The first-order valence-electron chi connectivity index (χ1n) is 5.13. The van der Waals surface area contributed by atoms with Gasteiger partial charge in [-0.3, -0.25) is 0 Å². The molecule has 0 atom stereocenters. The molecule has 0 aliphatic carbocycles. The van der Waals surface area contributed by atoms with Crippen LogP contribution in [0.15, 0.2) is 42.5 Å². The number of halogens is 3. The van der Waals surface area contributed by atoms with E-state index in [1.165, 1.54) is 24.3 Å². The average Bonchev–Trinajstić information content (AvgIpc) is 2.29. The maximum Gasteiger partial charge on any atom is 0.129 e. The van der Waals surface area contributed by atoms with Gasteiger partial charge in [0.05, 0.1) is 0 Å². The molecule has 0 unspecified atom stereocenters. The molecule has 0 N–H and O–H groups in total. The van der Waals surface area contributed by atoms with Gasteiger partial charge in [0.25, 0.3) is 0 Å². The molecule has 0 amide bonds. The van der Waals surface area contributed by atoms with E-state index in [1.54, 1.807) is 19.1 Å². The Morgan fingerprint density at radius 1 is 0.706 bits per heavy atom. The molecule has 2 aromatic carbocycles. The fourth-order valence-corrected chi connectivity index (χ4v) is 1.10. The van der Waals surface area contributed by atoms with Gasteiger partial charge in [-0.05, 0) is 37.6 Å². The van der Waals surface area contributed by atoms with Crippen LogP contribution in [0.5, 0.6) is 0 Å². The quantitative estimate of drug-likeness (QED) is 0.637. The van der Waals surface area contributed by atoms with Gasteiger partial charge in [-0.1, -0.05) is 23.8 Å². The zero-order valence-corrected chi connectivity index (χ0v) is 9.68. The van der Waals surface area contributed by atoms with Crippen LogP contribution in [0, 0.1) is 31.3 Å². The number of hydrogen-bond donors (Lipinski definition) is 0. The van der Waals surface area contributed by atoms with Crippen molar-refractivity contribution in [3.05, 3.63) is 71.0 Å². The molecule has 0 radical (unpaired) electrons. The number of hydrogen-bond acceptors (Lipinski definition) is 0. The van der Waals surface area contributed by atoms with Gasteiger partial charge >= 0.3 is 0 Å². The van der Waals surface area contributed by atoms with E-state index in [0.717, 1.165) is 11.6 Å². The maximum absolute atomic E-state index is 12.3. The van der Waals surface area contributed by atoms with Crippen LogP contribution in [0.25, 0.3) is 0 Å². The third-order valence-corrected chi connectivity index (χ3v) is 2.14. The highest BCUT2D eigenvalue weighted by molar-refractivity contribution is 5.16. The van der Waals surface area contributed by atoms with Gasteiger partial charge in [-0.15, -0.1) is 0 Å². The van der Waals surface area contributed by atoms with Gasteiger partial charge in [0.1, 0.15) is 17.5 Å². The van der Waals surface area contributed by atoms with Crippen LogP contribution in [-0.2, 0) is 0 Å². The fraction of sp³-hybridized carbons (Fsp3) is 0.143. The van der Waals surface area contributed by atoms with Crippen LogP contribution in [0.3, 0.4) is 0 Å². The normalized spacial score (nSPS) is 9.47. The number of rotatable bonds is 0. The highest BCUT2D eigenvalue weighted by Crippen LogP contribution is 2.06. The third-order valence-electron chi connectivity index (χ3n) is 2.14. The molecule has 90 valence electrons. The van der Waals surface area contributed by atoms with Gasteiger partial charge in [-0.25, -0.2) is 13.2 Å². The molecule has 0 bridgehead atoms. The summed E-state index contributed by atoms with van der Waals surface area (Å²) >= 11 is 0. The van der Waals surface area contributed by atoms with Crippen LogP contribution >= 0.6 is 0 Å². The van der Waals surface area contributed by atoms with Gasteiger partial charge in [0.2, 0.25) is 0 Å². The summed E-state index contributed by atoms with van der Waals surface area (Å²) in [6.45, 7) is 3.52. The Labute approximate surface area is 98.7 Å². The van der Waals surface area contributed by atoms with Crippen molar-refractivity contribution in [1.29, 1.82) is 0 Å². The first kappa shape index (κ1) is 13.3. The monoisotopic (exact) mass is 238 g/mol. The summed E-state index contributed by atoms with van der Waals surface area (Å²) in [7, 11) is 0. The molecule has 0 nitrogen and oxygen atoms in total. The van der Waals surface area contributed by atoms with E-state index >= 15 is 0 Å². The Hall–Kier alpha value is -1.77. The lowest BCUT2D eigenvalue weighted by atomic mass is 10.2. The maximum atomic E-state index is 12.3. The van der Waals surface area contributed by atoms with Crippen LogP contribution in [-0.4, -0.2) is 0 Å². The molecule has 17 heavy (non-hydrogen) atoms. The summed E-state index contributed by atoms with van der Waals surface area (Å²) in [6.07, 6.45) is 0. The van der Waals surface area contributed by atoms with E-state index in [0.29, 0.717) is 5.56 Å². The highest BCUT2D eigenvalue weighted by Gasteiger charge is 1.95. The van der Waals surface area contributed by atoms with E-state index in [2.05, 4.69) is 0 Å². The Kier molecular flexibility index (Phi) is 4.76. The van der Waals surface area contributed by atoms with Crippen LogP contribution < -0.4 is 0 Å². The molecule has 0 fully saturated rings. The fourth-order valence-electron chi connectivity index (χ4n) is 1.10. The van der Waals surface area contributed by atoms with Gasteiger partial charge in [0.15, 0.2) is 0 Å². The topological polar surface area (TPSA) is 0 Å². The van der Waals surface area contributed by atoms with Gasteiger partial charge in [-0.2, -0.15) is 0 Å². The van der Waals surface area contributed by atoms with Crippen molar-refractivity contribution in [3.8, 4) is 0 Å². The van der Waals surface area contributed by atoms with Crippen molar-refractivity contribution >= 4 is 0 Å². The van der Waals surface area contributed by atoms with Crippen molar-refractivity contribution in [2.75, 3.05) is 0 Å². The van der Waals surface area contributed by atoms with Gasteiger partial charge in [0, 0.05) is 6.07 Å². The van der Waals surface area contributed by atoms with E-state index in [9.17, 15) is 13.2 Å². The lowest BCUT2D eigenvalue weighted by molar-refractivity contribution is 0.577. The van der Waals surface area contributed by atoms with Crippen molar-refractivity contribution in [3.63, 3.8) is 0 Å². The molecular formula is C14H13F3. The molecule has 0 spiro atoms. The molecule has 0 aliphatic rings. The first-order chi connectivity index (χ1) is 7.99. The third kappa shape index (κ3) is 4.72. The zero-order chi connectivity index (χ0) is 12.8. The number of benzene rings is 2. The summed E-state index contributed by atoms with van der Waals surface area (Å²) < 4.78 is 36.5. The summed E-state index contributed by atoms with van der Waals surface area (Å²) in [5.41, 5.74) is 1.56. The minimum Gasteiger partial charge on any atom is -0.207 e. The molecule has 0 saturated heterocycles. The van der Waals surface area contributed by atoms with Crippen LogP contribution in [0.4, 0.5) is 13.2 Å². The summed E-state index contributed by atoms with van der Waals surface area (Å²) in [5.74, 6) is -1.19. The Morgan fingerprint density at radius 3 is 1.65 bits per heavy atom. The molecule has 2 rings (SSSR count). The predicted molar refractivity (Wildman–Crippen MR) is 62.2 cm³/mol. The van der Waals surface area contributed by atoms with Crippen molar-refractivity contribution in [1.82, 2.24) is 0 Å². The first-order valence-corrected chi connectivity index (χ1v) is 5.13. The molecule has 3 heteroatoms. The SMILES string of the molecule is Cc1ccc(F)cc1.Cc1ccc(F)cc1F. The molecule has 0 saturated carbocycles. The molecule has 0 aliphatic heterocycles. The standard InChI is InChI=1S/C7H6F2.C7H7F/c1-5-2-3-6(8)4-7(5)9;1-6-2-4-7(8)5-3-6/h2-4H,1H3;2-5H,1H3. The summed E-state index contributed by atoms with van der Waals surface area (Å²) in [4.78, 5) is 0. The zero-order valence-electron chi connectivity index (χ0n) is 9.68. The second-order valence-electron chi connectivity index (χ2n) is 3.69. The Balaban J connectivity index is 0.000000171. The molecular weight excluding hydrogens is 225 g/mol. The van der Waals surface area contributed by atoms with E-state index in [1.807, 2.05) is 6.92 Å². The van der Waals surface area contributed by atoms with Crippen molar-refractivity contribution in [2.24, 2.45) is 0 Å². The highest BCUT2D eigenvalue weighted by atomic mass is 19.1. The Bertz CT molecular complexity index is 454.